The van der Waals surface area contributed by atoms with Crippen LogP contribution in [0, 0.1) is 10.1 Å². The average Bonchev–Trinajstić information content (AvgIpc) is 2.83. The van der Waals surface area contributed by atoms with Gasteiger partial charge in [0, 0.05) is 18.4 Å². The van der Waals surface area contributed by atoms with E-state index in [0.29, 0.717) is 12.1 Å². The maximum Gasteiger partial charge on any atom is 0.323 e. The molecule has 0 radical (unpaired) electrons. The van der Waals surface area contributed by atoms with Crippen LogP contribution in [0.4, 0.5) is 11.5 Å². The van der Waals surface area contributed by atoms with E-state index in [1.54, 1.807) is 24.3 Å². The number of amides is 1. The van der Waals surface area contributed by atoms with E-state index in [4.69, 9.17) is 5.11 Å². The number of aliphatic hydroxyl groups is 1. The molecule has 0 bridgehead atoms. The van der Waals surface area contributed by atoms with Crippen molar-refractivity contribution >= 4 is 17.4 Å². The molecule has 0 aliphatic rings. The second kappa shape index (κ2) is 6.19. The number of hydrogen-bond acceptors (Lipinski definition) is 4. The molecule has 21 heavy (non-hydrogen) atoms. The quantitative estimate of drug-likeness (QED) is 0.647. The normalized spacial score (nSPS) is 10.4. The van der Waals surface area contributed by atoms with Crippen LogP contribution in [0.15, 0.2) is 36.4 Å². The van der Waals surface area contributed by atoms with Crippen LogP contribution in [-0.2, 0) is 13.5 Å². The Labute approximate surface area is 121 Å². The summed E-state index contributed by atoms with van der Waals surface area (Å²) in [6.45, 7) is 0.0682. The fourth-order valence-corrected chi connectivity index (χ4v) is 1.99. The minimum Gasteiger partial charge on any atom is -0.396 e. The van der Waals surface area contributed by atoms with Gasteiger partial charge < -0.3 is 20.5 Å². The minimum atomic E-state index is -0.541. The fourth-order valence-electron chi connectivity index (χ4n) is 1.99. The molecule has 0 saturated carbocycles. The second-order valence-electron chi connectivity index (χ2n) is 4.52. The van der Waals surface area contributed by atoms with Crippen LogP contribution in [-0.4, -0.2) is 27.1 Å². The zero-order valence-corrected chi connectivity index (χ0v) is 11.4. The van der Waals surface area contributed by atoms with Crippen molar-refractivity contribution in [2.45, 2.75) is 6.42 Å². The number of carbonyl (C=O) groups excluding carboxylic acids is 1. The average molecular weight is 289 g/mol. The zero-order chi connectivity index (χ0) is 15.4. The molecule has 0 aliphatic heterocycles. The van der Waals surface area contributed by atoms with Crippen molar-refractivity contribution in [3.05, 3.63) is 57.8 Å². The molecule has 0 spiro atoms. The SMILES string of the molecule is Cn1c(C(=O)Nc2ccc(CCO)cc2)ccc1[N+](=O)[O-]. The van der Waals surface area contributed by atoms with E-state index in [0.717, 1.165) is 5.56 Å². The number of aromatic nitrogens is 1. The number of nitrogens with one attached hydrogen (secondary N) is 1. The lowest BCUT2D eigenvalue weighted by Crippen LogP contribution is -2.16. The Hall–Kier alpha value is -2.67. The number of anilines is 1. The third-order valence-electron chi connectivity index (χ3n) is 3.13. The van der Waals surface area contributed by atoms with E-state index in [1.165, 1.54) is 23.7 Å². The third-order valence-corrected chi connectivity index (χ3v) is 3.13. The summed E-state index contributed by atoms with van der Waals surface area (Å²) >= 11 is 0. The van der Waals surface area contributed by atoms with Gasteiger partial charge in [-0.05, 0) is 35.1 Å². The largest absolute Gasteiger partial charge is 0.396 e. The van der Waals surface area contributed by atoms with Crippen molar-refractivity contribution in [1.82, 2.24) is 4.57 Å². The monoisotopic (exact) mass is 289 g/mol. The fraction of sp³-hybridized carbons (Fsp3) is 0.214. The molecule has 2 rings (SSSR count). The minimum absolute atomic E-state index is 0.0682. The smallest absolute Gasteiger partial charge is 0.323 e. The molecule has 0 unspecified atom stereocenters. The standard InChI is InChI=1S/C14H15N3O4/c1-16-12(6-7-13(16)17(20)21)14(19)15-11-4-2-10(3-5-11)8-9-18/h2-7,18H,8-9H2,1H3,(H,15,19). The Bertz CT molecular complexity index is 661. The van der Waals surface area contributed by atoms with Crippen molar-refractivity contribution in [2.24, 2.45) is 7.05 Å². The molecule has 2 aromatic rings. The molecule has 1 aromatic carbocycles. The highest BCUT2D eigenvalue weighted by molar-refractivity contribution is 6.03. The molecule has 7 nitrogen and oxygen atoms in total. The van der Waals surface area contributed by atoms with Gasteiger partial charge >= 0.3 is 5.82 Å². The summed E-state index contributed by atoms with van der Waals surface area (Å²) in [6, 6.07) is 9.76. The Morgan fingerprint density at radius 3 is 2.48 bits per heavy atom. The van der Waals surface area contributed by atoms with Gasteiger partial charge in [0.1, 0.15) is 0 Å². The van der Waals surface area contributed by atoms with Gasteiger partial charge in [0.25, 0.3) is 5.91 Å². The lowest BCUT2D eigenvalue weighted by Gasteiger charge is -2.05. The Kier molecular flexibility index (Phi) is 4.34. The van der Waals surface area contributed by atoms with E-state index < -0.39 is 10.8 Å². The molecular weight excluding hydrogens is 274 g/mol. The number of nitrogens with zero attached hydrogens (tertiary/aromatic N) is 2. The van der Waals surface area contributed by atoms with Crippen LogP contribution in [0.2, 0.25) is 0 Å². The van der Waals surface area contributed by atoms with Crippen LogP contribution in [0.1, 0.15) is 16.1 Å². The molecule has 1 heterocycles. The number of rotatable bonds is 5. The highest BCUT2D eigenvalue weighted by Crippen LogP contribution is 2.17. The summed E-state index contributed by atoms with van der Waals surface area (Å²) < 4.78 is 1.23. The van der Waals surface area contributed by atoms with Gasteiger partial charge in [0.2, 0.25) is 0 Å². The molecular formula is C14H15N3O4. The maximum absolute atomic E-state index is 12.1. The molecule has 7 heteroatoms. The van der Waals surface area contributed by atoms with Crippen LogP contribution >= 0.6 is 0 Å². The predicted molar refractivity (Wildman–Crippen MR) is 77.3 cm³/mol. The third kappa shape index (κ3) is 3.26. The van der Waals surface area contributed by atoms with Crippen molar-refractivity contribution in [1.29, 1.82) is 0 Å². The predicted octanol–water partition coefficient (Wildman–Crippen LogP) is 1.72. The van der Waals surface area contributed by atoms with Gasteiger partial charge in [-0.3, -0.25) is 4.79 Å². The Morgan fingerprint density at radius 2 is 1.95 bits per heavy atom. The number of hydrogen-bond donors (Lipinski definition) is 2. The molecule has 1 aromatic heterocycles. The number of nitro groups is 1. The molecule has 1 amide bonds. The summed E-state index contributed by atoms with van der Waals surface area (Å²) in [5.74, 6) is -0.557. The van der Waals surface area contributed by atoms with Gasteiger partial charge in [0.15, 0.2) is 5.69 Å². The molecule has 0 saturated heterocycles. The lowest BCUT2D eigenvalue weighted by molar-refractivity contribution is -0.391. The van der Waals surface area contributed by atoms with Gasteiger partial charge in [-0.1, -0.05) is 12.1 Å². The van der Waals surface area contributed by atoms with Crippen molar-refractivity contribution in [3.8, 4) is 0 Å². The summed E-state index contributed by atoms with van der Waals surface area (Å²) in [5.41, 5.74) is 1.76. The van der Waals surface area contributed by atoms with Crippen molar-refractivity contribution in [3.63, 3.8) is 0 Å². The highest BCUT2D eigenvalue weighted by Gasteiger charge is 2.20. The Morgan fingerprint density at radius 1 is 1.29 bits per heavy atom. The van der Waals surface area contributed by atoms with Crippen LogP contribution < -0.4 is 5.32 Å². The molecule has 110 valence electrons. The van der Waals surface area contributed by atoms with Gasteiger partial charge in [0.05, 0.1) is 7.05 Å². The number of aliphatic hydroxyl groups excluding tert-OH is 1. The molecule has 0 atom stereocenters. The van der Waals surface area contributed by atoms with E-state index in [1.807, 2.05) is 0 Å². The van der Waals surface area contributed by atoms with Crippen molar-refractivity contribution < 1.29 is 14.8 Å². The first-order valence-corrected chi connectivity index (χ1v) is 6.34. The lowest BCUT2D eigenvalue weighted by atomic mass is 10.1. The van der Waals surface area contributed by atoms with E-state index >= 15 is 0 Å². The van der Waals surface area contributed by atoms with E-state index in [2.05, 4.69) is 5.32 Å². The van der Waals surface area contributed by atoms with E-state index in [-0.39, 0.29) is 18.1 Å². The summed E-state index contributed by atoms with van der Waals surface area (Å²) in [4.78, 5) is 22.3. The molecule has 0 fully saturated rings. The first-order chi connectivity index (χ1) is 10.0. The topological polar surface area (TPSA) is 97.4 Å². The molecule has 2 N–H and O–H groups in total. The molecule has 0 aliphatic carbocycles. The highest BCUT2D eigenvalue weighted by atomic mass is 16.6. The maximum atomic E-state index is 12.1. The van der Waals surface area contributed by atoms with Crippen LogP contribution in [0.25, 0.3) is 0 Å². The van der Waals surface area contributed by atoms with Gasteiger partial charge in [-0.25, -0.2) is 4.57 Å². The Balaban J connectivity index is 2.12. The van der Waals surface area contributed by atoms with Crippen LogP contribution in [0.3, 0.4) is 0 Å². The summed E-state index contributed by atoms with van der Waals surface area (Å²) in [6.07, 6.45) is 0.554. The van der Waals surface area contributed by atoms with Crippen LogP contribution in [0.5, 0.6) is 0 Å². The van der Waals surface area contributed by atoms with Gasteiger partial charge in [-0.15, -0.1) is 0 Å². The number of benzene rings is 1. The van der Waals surface area contributed by atoms with E-state index in [9.17, 15) is 14.9 Å². The second-order valence-corrected chi connectivity index (χ2v) is 4.52. The zero-order valence-electron chi connectivity index (χ0n) is 11.4. The number of carbonyl (C=O) groups is 1. The first kappa shape index (κ1) is 14.7. The first-order valence-electron chi connectivity index (χ1n) is 6.34. The summed E-state index contributed by atoms with van der Waals surface area (Å²) in [7, 11) is 1.47. The summed E-state index contributed by atoms with van der Waals surface area (Å²) in [5, 5.41) is 22.3. The van der Waals surface area contributed by atoms with Gasteiger partial charge in [-0.2, -0.15) is 0 Å². The van der Waals surface area contributed by atoms with Crippen molar-refractivity contribution in [2.75, 3.05) is 11.9 Å².